The molecule has 2 N–H and O–H groups in total. The van der Waals surface area contributed by atoms with Crippen molar-refractivity contribution in [1.29, 1.82) is 0 Å². The van der Waals surface area contributed by atoms with Crippen molar-refractivity contribution < 1.29 is 5.11 Å². The standard InChI is InChI=1S/C17H23NO/c19-12-14-3-1-13(2-4-14)7-8-18-11-17-10-15-5-6-16(17)9-15/h1-6,15-19H,7-12H2. The van der Waals surface area contributed by atoms with Crippen LogP contribution in [0.15, 0.2) is 36.4 Å². The molecule has 0 heterocycles. The quantitative estimate of drug-likeness (QED) is 0.606. The number of benzene rings is 1. The van der Waals surface area contributed by atoms with Gasteiger partial charge in [0.25, 0.3) is 0 Å². The van der Waals surface area contributed by atoms with Crippen molar-refractivity contribution in [2.75, 3.05) is 13.1 Å². The number of nitrogens with one attached hydrogen (secondary N) is 1. The molecular weight excluding hydrogens is 234 g/mol. The number of hydrogen-bond donors (Lipinski definition) is 2. The predicted molar refractivity (Wildman–Crippen MR) is 77.8 cm³/mol. The molecule has 0 amide bonds. The van der Waals surface area contributed by atoms with Crippen molar-refractivity contribution >= 4 is 0 Å². The minimum Gasteiger partial charge on any atom is -0.392 e. The second-order valence-corrected chi connectivity index (χ2v) is 5.97. The molecule has 0 spiro atoms. The maximum atomic E-state index is 9.00. The first kappa shape index (κ1) is 12.9. The van der Waals surface area contributed by atoms with Gasteiger partial charge < -0.3 is 10.4 Å². The number of aliphatic hydroxyl groups is 1. The maximum Gasteiger partial charge on any atom is 0.0681 e. The Labute approximate surface area is 115 Å². The van der Waals surface area contributed by atoms with Gasteiger partial charge in [0.2, 0.25) is 0 Å². The minimum absolute atomic E-state index is 0.135. The summed E-state index contributed by atoms with van der Waals surface area (Å²) in [7, 11) is 0. The average molecular weight is 257 g/mol. The van der Waals surface area contributed by atoms with E-state index < -0.39 is 0 Å². The van der Waals surface area contributed by atoms with Gasteiger partial charge in [-0.1, -0.05) is 36.4 Å². The molecular formula is C17H23NO. The fraction of sp³-hybridized carbons (Fsp3) is 0.529. The van der Waals surface area contributed by atoms with Crippen molar-refractivity contribution in [1.82, 2.24) is 5.32 Å². The number of fused-ring (bicyclic) bond motifs is 2. The first-order valence-electron chi connectivity index (χ1n) is 7.43. The molecule has 0 radical (unpaired) electrons. The summed E-state index contributed by atoms with van der Waals surface area (Å²) in [6.07, 6.45) is 8.69. The molecule has 2 aliphatic carbocycles. The Hall–Kier alpha value is -1.12. The van der Waals surface area contributed by atoms with E-state index in [1.807, 2.05) is 12.1 Å². The summed E-state index contributed by atoms with van der Waals surface area (Å²) in [5.41, 5.74) is 2.34. The summed E-state index contributed by atoms with van der Waals surface area (Å²) in [6, 6.07) is 8.26. The normalized spacial score (nSPS) is 28.2. The van der Waals surface area contributed by atoms with Crippen LogP contribution >= 0.6 is 0 Å². The summed E-state index contributed by atoms with van der Waals surface area (Å²) in [4.78, 5) is 0. The Morgan fingerprint density at radius 1 is 1.05 bits per heavy atom. The first-order valence-corrected chi connectivity index (χ1v) is 7.43. The van der Waals surface area contributed by atoms with Gasteiger partial charge in [-0.15, -0.1) is 0 Å². The molecule has 3 unspecified atom stereocenters. The first-order chi connectivity index (χ1) is 9.35. The number of rotatable bonds is 6. The van der Waals surface area contributed by atoms with E-state index in [4.69, 9.17) is 5.11 Å². The van der Waals surface area contributed by atoms with Crippen LogP contribution in [0, 0.1) is 17.8 Å². The van der Waals surface area contributed by atoms with Gasteiger partial charge in [0.1, 0.15) is 0 Å². The molecule has 2 bridgehead atoms. The van der Waals surface area contributed by atoms with Crippen LogP contribution in [0.3, 0.4) is 0 Å². The monoisotopic (exact) mass is 257 g/mol. The van der Waals surface area contributed by atoms with E-state index in [0.29, 0.717) is 0 Å². The van der Waals surface area contributed by atoms with Crippen LogP contribution < -0.4 is 5.32 Å². The zero-order valence-electron chi connectivity index (χ0n) is 11.4. The van der Waals surface area contributed by atoms with Crippen molar-refractivity contribution in [3.05, 3.63) is 47.5 Å². The molecule has 2 aliphatic rings. The van der Waals surface area contributed by atoms with Crippen LogP contribution in [0.1, 0.15) is 24.0 Å². The van der Waals surface area contributed by atoms with Crippen molar-refractivity contribution in [2.45, 2.75) is 25.9 Å². The van der Waals surface area contributed by atoms with Crippen LogP contribution in [-0.2, 0) is 13.0 Å². The summed E-state index contributed by atoms with van der Waals surface area (Å²) in [5.74, 6) is 2.59. The molecule has 0 saturated heterocycles. The molecule has 2 nitrogen and oxygen atoms in total. The van der Waals surface area contributed by atoms with E-state index in [1.165, 1.54) is 24.9 Å². The predicted octanol–water partition coefficient (Wildman–Crippen LogP) is 2.52. The molecule has 0 aromatic heterocycles. The second-order valence-electron chi connectivity index (χ2n) is 5.97. The summed E-state index contributed by atoms with van der Waals surface area (Å²) >= 11 is 0. The lowest BCUT2D eigenvalue weighted by Gasteiger charge is -2.18. The van der Waals surface area contributed by atoms with E-state index in [1.54, 1.807) is 0 Å². The highest BCUT2D eigenvalue weighted by Crippen LogP contribution is 2.42. The zero-order valence-corrected chi connectivity index (χ0v) is 11.4. The van der Waals surface area contributed by atoms with Crippen molar-refractivity contribution in [3.63, 3.8) is 0 Å². The highest BCUT2D eigenvalue weighted by atomic mass is 16.3. The van der Waals surface area contributed by atoms with Gasteiger partial charge in [0, 0.05) is 0 Å². The smallest absolute Gasteiger partial charge is 0.0681 e. The lowest BCUT2D eigenvalue weighted by Crippen LogP contribution is -2.27. The lowest BCUT2D eigenvalue weighted by molar-refractivity contribution is 0.282. The Morgan fingerprint density at radius 3 is 2.47 bits per heavy atom. The molecule has 19 heavy (non-hydrogen) atoms. The third-order valence-electron chi connectivity index (χ3n) is 4.62. The van der Waals surface area contributed by atoms with Gasteiger partial charge in [0.15, 0.2) is 0 Å². The van der Waals surface area contributed by atoms with E-state index >= 15 is 0 Å². The van der Waals surface area contributed by atoms with Crippen molar-refractivity contribution in [3.8, 4) is 0 Å². The van der Waals surface area contributed by atoms with Crippen LogP contribution in [0.5, 0.6) is 0 Å². The van der Waals surface area contributed by atoms with Gasteiger partial charge in [-0.05, 0) is 61.2 Å². The molecule has 0 aliphatic heterocycles. The Kier molecular flexibility index (Phi) is 4.00. The highest BCUT2D eigenvalue weighted by molar-refractivity contribution is 5.22. The second kappa shape index (κ2) is 5.89. The Morgan fingerprint density at radius 2 is 1.84 bits per heavy atom. The lowest BCUT2D eigenvalue weighted by atomic mass is 9.93. The van der Waals surface area contributed by atoms with Crippen molar-refractivity contribution in [2.24, 2.45) is 17.8 Å². The third-order valence-corrected chi connectivity index (χ3v) is 4.62. The van der Waals surface area contributed by atoms with Gasteiger partial charge in [-0.25, -0.2) is 0 Å². The van der Waals surface area contributed by atoms with Gasteiger partial charge in [-0.3, -0.25) is 0 Å². The summed E-state index contributed by atoms with van der Waals surface area (Å²) < 4.78 is 0. The van der Waals surface area contributed by atoms with Gasteiger partial charge in [0.05, 0.1) is 6.61 Å². The van der Waals surface area contributed by atoms with E-state index in [0.717, 1.165) is 36.3 Å². The van der Waals surface area contributed by atoms with E-state index in [2.05, 4.69) is 29.6 Å². The van der Waals surface area contributed by atoms with Crippen LogP contribution in [0.25, 0.3) is 0 Å². The molecule has 3 rings (SSSR count). The van der Waals surface area contributed by atoms with E-state index in [-0.39, 0.29) is 6.61 Å². The minimum atomic E-state index is 0.135. The molecule has 1 aromatic rings. The Balaban J connectivity index is 1.37. The van der Waals surface area contributed by atoms with Gasteiger partial charge in [-0.2, -0.15) is 0 Å². The number of hydrogen-bond acceptors (Lipinski definition) is 2. The molecule has 3 atom stereocenters. The SMILES string of the molecule is OCc1ccc(CCNCC2CC3C=CC2C3)cc1. The fourth-order valence-corrected chi connectivity index (χ4v) is 3.46. The number of allylic oxidation sites excluding steroid dienone is 2. The molecule has 1 fully saturated rings. The summed E-state index contributed by atoms with van der Waals surface area (Å²) in [6.45, 7) is 2.35. The van der Waals surface area contributed by atoms with Crippen LogP contribution in [0.2, 0.25) is 0 Å². The maximum absolute atomic E-state index is 9.00. The molecule has 1 aromatic carbocycles. The number of aliphatic hydroxyl groups excluding tert-OH is 1. The highest BCUT2D eigenvalue weighted by Gasteiger charge is 2.34. The third kappa shape index (κ3) is 3.07. The van der Waals surface area contributed by atoms with Gasteiger partial charge >= 0.3 is 0 Å². The topological polar surface area (TPSA) is 32.3 Å². The zero-order chi connectivity index (χ0) is 13.1. The molecule has 1 saturated carbocycles. The van der Waals surface area contributed by atoms with Crippen LogP contribution in [0.4, 0.5) is 0 Å². The van der Waals surface area contributed by atoms with Crippen LogP contribution in [-0.4, -0.2) is 18.2 Å². The largest absolute Gasteiger partial charge is 0.392 e. The molecule has 102 valence electrons. The average Bonchev–Trinajstić information content (AvgIpc) is 3.07. The molecule has 2 heteroatoms. The summed E-state index contributed by atoms with van der Waals surface area (Å²) in [5, 5.41) is 12.6. The Bertz CT molecular complexity index is 437. The fourth-order valence-electron chi connectivity index (χ4n) is 3.46. The van der Waals surface area contributed by atoms with E-state index in [9.17, 15) is 0 Å².